The van der Waals surface area contributed by atoms with Gasteiger partial charge in [0.2, 0.25) is 5.91 Å². The average Bonchev–Trinajstić information content (AvgIpc) is 3.33. The summed E-state index contributed by atoms with van der Waals surface area (Å²) in [5.74, 6) is -0.658. The Bertz CT molecular complexity index is 793. The Balaban J connectivity index is 1.67. The second-order valence-electron chi connectivity index (χ2n) is 7.53. The van der Waals surface area contributed by atoms with E-state index in [1.807, 2.05) is 24.3 Å². The van der Waals surface area contributed by atoms with Gasteiger partial charge in [0, 0.05) is 31.6 Å². The van der Waals surface area contributed by atoms with E-state index in [-0.39, 0.29) is 11.3 Å². The molecule has 2 atom stereocenters. The standard InChI is InChI=1S/C20H22N2O4/c1-25-17(23)16-10-14-4-2-3-5-15(14)11-22(16)18(24)20(13-21)12-19(20)6-8-26-9-7-19/h2-5,16H,6-12H2,1H3. The lowest BCUT2D eigenvalue weighted by molar-refractivity contribution is -0.156. The summed E-state index contributed by atoms with van der Waals surface area (Å²) in [6.45, 7) is 1.50. The molecule has 2 unspecified atom stereocenters. The van der Waals surface area contributed by atoms with Crippen LogP contribution in [-0.4, -0.2) is 43.1 Å². The second kappa shape index (κ2) is 6.10. The van der Waals surface area contributed by atoms with Crippen LogP contribution in [0.25, 0.3) is 0 Å². The van der Waals surface area contributed by atoms with Gasteiger partial charge in [0.25, 0.3) is 0 Å². The topological polar surface area (TPSA) is 79.6 Å². The molecule has 1 saturated heterocycles. The predicted molar refractivity (Wildman–Crippen MR) is 91.6 cm³/mol. The van der Waals surface area contributed by atoms with E-state index < -0.39 is 17.4 Å². The van der Waals surface area contributed by atoms with Crippen molar-refractivity contribution in [1.29, 1.82) is 5.26 Å². The van der Waals surface area contributed by atoms with Crippen LogP contribution >= 0.6 is 0 Å². The lowest BCUT2D eigenvalue weighted by Crippen LogP contribution is -2.52. The molecule has 1 amide bonds. The van der Waals surface area contributed by atoms with Crippen molar-refractivity contribution < 1.29 is 19.1 Å². The molecule has 2 heterocycles. The van der Waals surface area contributed by atoms with Crippen LogP contribution in [0.3, 0.4) is 0 Å². The molecule has 2 fully saturated rings. The summed E-state index contributed by atoms with van der Waals surface area (Å²) in [5, 5.41) is 9.90. The number of hydrogen-bond donors (Lipinski definition) is 0. The van der Waals surface area contributed by atoms with Gasteiger partial charge in [-0.3, -0.25) is 4.79 Å². The number of methoxy groups -OCH3 is 1. The highest BCUT2D eigenvalue weighted by Crippen LogP contribution is 2.69. The number of nitriles is 1. The maximum absolute atomic E-state index is 13.5. The van der Waals surface area contributed by atoms with Gasteiger partial charge in [-0.15, -0.1) is 0 Å². The molecule has 0 radical (unpaired) electrons. The minimum absolute atomic E-state index is 0.230. The Labute approximate surface area is 152 Å². The van der Waals surface area contributed by atoms with Crippen LogP contribution in [0, 0.1) is 22.2 Å². The van der Waals surface area contributed by atoms with Crippen molar-refractivity contribution in [2.45, 2.75) is 38.3 Å². The third-order valence-corrected chi connectivity index (χ3v) is 6.37. The summed E-state index contributed by atoms with van der Waals surface area (Å²) >= 11 is 0. The third-order valence-electron chi connectivity index (χ3n) is 6.37. The van der Waals surface area contributed by atoms with Gasteiger partial charge in [0.15, 0.2) is 0 Å². The fourth-order valence-electron chi connectivity index (χ4n) is 4.67. The van der Waals surface area contributed by atoms with E-state index in [2.05, 4.69) is 6.07 Å². The van der Waals surface area contributed by atoms with Crippen molar-refractivity contribution in [2.24, 2.45) is 10.8 Å². The first-order valence-corrected chi connectivity index (χ1v) is 9.02. The van der Waals surface area contributed by atoms with Crippen molar-refractivity contribution in [3.05, 3.63) is 35.4 Å². The highest BCUT2D eigenvalue weighted by atomic mass is 16.5. The highest BCUT2D eigenvalue weighted by molar-refractivity contribution is 5.94. The lowest BCUT2D eigenvalue weighted by atomic mass is 9.84. The molecular weight excluding hydrogens is 332 g/mol. The highest BCUT2D eigenvalue weighted by Gasteiger charge is 2.73. The summed E-state index contributed by atoms with van der Waals surface area (Å²) in [4.78, 5) is 27.4. The molecule has 0 bridgehead atoms. The minimum Gasteiger partial charge on any atom is -0.467 e. The zero-order valence-corrected chi connectivity index (χ0v) is 14.9. The SMILES string of the molecule is COC(=O)C1Cc2ccccc2CN1C(=O)C1(C#N)CC12CCOCC2. The molecule has 0 aromatic heterocycles. The van der Waals surface area contributed by atoms with E-state index in [4.69, 9.17) is 9.47 Å². The van der Waals surface area contributed by atoms with Gasteiger partial charge in [-0.05, 0) is 30.4 Å². The van der Waals surface area contributed by atoms with Gasteiger partial charge in [-0.25, -0.2) is 4.79 Å². The van der Waals surface area contributed by atoms with Gasteiger partial charge >= 0.3 is 5.97 Å². The Kier molecular flexibility index (Phi) is 4.00. The Morgan fingerprint density at radius 1 is 1.27 bits per heavy atom. The second-order valence-corrected chi connectivity index (χ2v) is 7.53. The van der Waals surface area contributed by atoms with Gasteiger partial charge in [-0.1, -0.05) is 24.3 Å². The number of ether oxygens (including phenoxy) is 2. The number of rotatable bonds is 2. The molecule has 4 rings (SSSR count). The van der Waals surface area contributed by atoms with Crippen LogP contribution in [0.1, 0.15) is 30.4 Å². The Hall–Kier alpha value is -2.39. The first-order valence-electron chi connectivity index (χ1n) is 9.02. The van der Waals surface area contributed by atoms with Crippen molar-refractivity contribution in [2.75, 3.05) is 20.3 Å². The quantitative estimate of drug-likeness (QED) is 0.757. The normalized spacial score (nSPS) is 28.8. The first-order chi connectivity index (χ1) is 12.6. The van der Waals surface area contributed by atoms with E-state index in [0.29, 0.717) is 32.6 Å². The number of amides is 1. The summed E-state index contributed by atoms with van der Waals surface area (Å²) in [6.07, 6.45) is 2.43. The number of nitrogens with zero attached hydrogens (tertiary/aromatic N) is 2. The maximum atomic E-state index is 13.5. The third kappa shape index (κ3) is 2.34. The van der Waals surface area contributed by atoms with Crippen LogP contribution in [0.5, 0.6) is 0 Å². The molecular formula is C20H22N2O4. The molecule has 136 valence electrons. The van der Waals surface area contributed by atoms with Crippen molar-refractivity contribution in [3.8, 4) is 6.07 Å². The summed E-state index contributed by atoms with van der Waals surface area (Å²) in [7, 11) is 1.34. The molecule has 2 aliphatic heterocycles. The van der Waals surface area contributed by atoms with Gasteiger partial charge < -0.3 is 14.4 Å². The molecule has 1 aliphatic carbocycles. The number of fused-ring (bicyclic) bond motifs is 1. The predicted octanol–water partition coefficient (Wildman–Crippen LogP) is 1.82. The van der Waals surface area contributed by atoms with E-state index >= 15 is 0 Å². The Morgan fingerprint density at radius 3 is 2.62 bits per heavy atom. The zero-order chi connectivity index (χ0) is 18.4. The smallest absolute Gasteiger partial charge is 0.328 e. The van der Waals surface area contributed by atoms with E-state index in [0.717, 1.165) is 24.0 Å². The number of hydrogen-bond acceptors (Lipinski definition) is 5. The van der Waals surface area contributed by atoms with E-state index in [1.54, 1.807) is 4.90 Å². The van der Waals surface area contributed by atoms with E-state index in [9.17, 15) is 14.9 Å². The van der Waals surface area contributed by atoms with Crippen LogP contribution in [0.4, 0.5) is 0 Å². The molecule has 1 saturated carbocycles. The van der Waals surface area contributed by atoms with Gasteiger partial charge in [0.1, 0.15) is 11.5 Å². The molecule has 1 aromatic rings. The number of esters is 1. The van der Waals surface area contributed by atoms with Crippen LogP contribution in [-0.2, 0) is 32.0 Å². The maximum Gasteiger partial charge on any atom is 0.328 e. The van der Waals surface area contributed by atoms with Gasteiger partial charge in [0.05, 0.1) is 13.2 Å². The monoisotopic (exact) mass is 354 g/mol. The number of carbonyl (C=O) groups excluding carboxylic acids is 2. The number of benzene rings is 1. The van der Waals surface area contributed by atoms with E-state index in [1.165, 1.54) is 7.11 Å². The van der Waals surface area contributed by atoms with Crippen LogP contribution < -0.4 is 0 Å². The first kappa shape index (κ1) is 17.0. The largest absolute Gasteiger partial charge is 0.467 e. The average molecular weight is 354 g/mol. The van der Waals surface area contributed by atoms with Crippen molar-refractivity contribution in [1.82, 2.24) is 4.90 Å². The molecule has 6 heteroatoms. The summed E-state index contributed by atoms with van der Waals surface area (Å²) in [6, 6.07) is 9.44. The fourth-order valence-corrected chi connectivity index (χ4v) is 4.67. The molecule has 0 N–H and O–H groups in total. The van der Waals surface area contributed by atoms with Crippen LogP contribution in [0.2, 0.25) is 0 Å². The Morgan fingerprint density at radius 2 is 1.96 bits per heavy atom. The zero-order valence-electron chi connectivity index (χ0n) is 14.9. The molecule has 1 spiro atoms. The van der Waals surface area contributed by atoms with Crippen molar-refractivity contribution in [3.63, 3.8) is 0 Å². The molecule has 6 nitrogen and oxygen atoms in total. The van der Waals surface area contributed by atoms with Gasteiger partial charge in [-0.2, -0.15) is 5.26 Å². The van der Waals surface area contributed by atoms with Crippen LogP contribution in [0.15, 0.2) is 24.3 Å². The molecule has 1 aromatic carbocycles. The minimum atomic E-state index is -1.03. The molecule has 3 aliphatic rings. The fraction of sp³-hybridized carbons (Fsp3) is 0.550. The van der Waals surface area contributed by atoms with Crippen molar-refractivity contribution >= 4 is 11.9 Å². The lowest BCUT2D eigenvalue weighted by Gasteiger charge is -2.37. The number of carbonyl (C=O) groups is 2. The summed E-state index contributed by atoms with van der Waals surface area (Å²) in [5.41, 5.74) is 0.745. The summed E-state index contributed by atoms with van der Waals surface area (Å²) < 4.78 is 10.4. The molecule has 26 heavy (non-hydrogen) atoms.